The molecule has 0 aromatic carbocycles. The van der Waals surface area contributed by atoms with Crippen molar-refractivity contribution in [3.05, 3.63) is 0 Å². The summed E-state index contributed by atoms with van der Waals surface area (Å²) >= 11 is 0. The van der Waals surface area contributed by atoms with Gasteiger partial charge in [-0.3, -0.25) is 4.79 Å². The minimum atomic E-state index is -3.11. The smallest absolute Gasteiger partial charge is 0.156 e. The molecule has 1 aliphatic rings. The highest BCUT2D eigenvalue weighted by Gasteiger charge is 2.50. The third-order valence-corrected chi connectivity index (χ3v) is 5.57. The summed E-state index contributed by atoms with van der Waals surface area (Å²) in [5, 5.41) is 0. The number of Topliss-reactive ketones (excluding diaryl/α,β-unsaturated/α-hetero) is 1. The number of rotatable bonds is 2. The molecule has 1 aliphatic heterocycles. The minimum absolute atomic E-state index is 0.0659. The van der Waals surface area contributed by atoms with Crippen LogP contribution in [-0.2, 0) is 14.6 Å². The molecule has 0 aliphatic carbocycles. The number of carbonyl (C=O) groups excluding carboxylic acids is 1. The largest absolute Gasteiger partial charge is 0.324 e. The Kier molecular flexibility index (Phi) is 2.51. The molecule has 13 heavy (non-hydrogen) atoms. The fourth-order valence-corrected chi connectivity index (χ4v) is 3.55. The molecular formula is C8H15NO3S. The van der Waals surface area contributed by atoms with Crippen molar-refractivity contribution in [2.45, 2.75) is 25.0 Å². The van der Waals surface area contributed by atoms with Gasteiger partial charge in [0.1, 0.15) is 0 Å². The molecule has 0 aromatic heterocycles. The van der Waals surface area contributed by atoms with Crippen LogP contribution in [0.4, 0.5) is 0 Å². The van der Waals surface area contributed by atoms with Crippen molar-refractivity contribution >= 4 is 15.6 Å². The van der Waals surface area contributed by atoms with Crippen molar-refractivity contribution in [3.63, 3.8) is 0 Å². The lowest BCUT2D eigenvalue weighted by Crippen LogP contribution is -2.39. The molecule has 1 rings (SSSR count). The molecule has 5 heteroatoms. The molecule has 2 N–H and O–H groups in total. The highest BCUT2D eigenvalue weighted by atomic mass is 32.2. The first-order chi connectivity index (χ1) is 5.83. The lowest BCUT2D eigenvalue weighted by molar-refractivity contribution is -0.122. The molecule has 1 heterocycles. The van der Waals surface area contributed by atoms with Crippen LogP contribution < -0.4 is 5.73 Å². The lowest BCUT2D eigenvalue weighted by Gasteiger charge is -2.23. The van der Waals surface area contributed by atoms with Crippen LogP contribution in [0.25, 0.3) is 0 Å². The quantitative estimate of drug-likeness (QED) is 0.673. The maximum Gasteiger partial charge on any atom is 0.156 e. The summed E-state index contributed by atoms with van der Waals surface area (Å²) in [6.45, 7) is 3.14. The first-order valence-electron chi connectivity index (χ1n) is 4.28. The molecular weight excluding hydrogens is 190 g/mol. The Balaban J connectivity index is 3.02. The van der Waals surface area contributed by atoms with Gasteiger partial charge in [-0.15, -0.1) is 0 Å². The van der Waals surface area contributed by atoms with Crippen LogP contribution in [0.5, 0.6) is 0 Å². The van der Waals surface area contributed by atoms with E-state index in [9.17, 15) is 13.2 Å². The van der Waals surface area contributed by atoms with Crippen molar-refractivity contribution in [2.24, 2.45) is 11.7 Å². The van der Waals surface area contributed by atoms with Gasteiger partial charge >= 0.3 is 0 Å². The topological polar surface area (TPSA) is 77.2 Å². The van der Waals surface area contributed by atoms with Crippen LogP contribution in [0.2, 0.25) is 0 Å². The van der Waals surface area contributed by atoms with Crippen molar-refractivity contribution in [1.29, 1.82) is 0 Å². The Morgan fingerprint density at radius 1 is 1.54 bits per heavy atom. The van der Waals surface area contributed by atoms with Crippen LogP contribution >= 0.6 is 0 Å². The van der Waals surface area contributed by atoms with Gasteiger partial charge in [0.05, 0.1) is 17.0 Å². The summed E-state index contributed by atoms with van der Waals surface area (Å²) in [6.07, 6.45) is 0.422. The molecule has 1 atom stereocenters. The van der Waals surface area contributed by atoms with Gasteiger partial charge in [0, 0.05) is 5.92 Å². The second kappa shape index (κ2) is 3.06. The van der Waals surface area contributed by atoms with Crippen molar-refractivity contribution in [2.75, 3.05) is 12.3 Å². The van der Waals surface area contributed by atoms with Crippen LogP contribution in [0.15, 0.2) is 0 Å². The number of carbonyl (C=O) groups is 1. The zero-order valence-corrected chi connectivity index (χ0v) is 8.73. The fourth-order valence-electron chi connectivity index (χ4n) is 1.79. The normalized spacial score (nSPS) is 30.2. The fraction of sp³-hybridized carbons (Fsp3) is 0.875. The minimum Gasteiger partial charge on any atom is -0.324 e. The number of sulfone groups is 1. The van der Waals surface area contributed by atoms with E-state index in [0.29, 0.717) is 6.42 Å². The highest BCUT2D eigenvalue weighted by molar-refractivity contribution is 7.93. The summed E-state index contributed by atoms with van der Waals surface area (Å²) in [6, 6.07) is 0. The third kappa shape index (κ3) is 1.50. The Bertz CT molecular complexity index is 318. The molecule has 0 bridgehead atoms. The Labute approximate surface area is 78.4 Å². The number of hydrogen-bond acceptors (Lipinski definition) is 4. The van der Waals surface area contributed by atoms with Crippen LogP contribution in [0.1, 0.15) is 20.3 Å². The van der Waals surface area contributed by atoms with E-state index >= 15 is 0 Å². The first-order valence-corrected chi connectivity index (χ1v) is 5.93. The molecule has 76 valence electrons. The van der Waals surface area contributed by atoms with Gasteiger partial charge in [0.25, 0.3) is 0 Å². The molecule has 1 saturated heterocycles. The second-order valence-electron chi connectivity index (χ2n) is 3.93. The zero-order chi connectivity index (χ0) is 10.3. The molecule has 0 amide bonds. The lowest BCUT2D eigenvalue weighted by atomic mass is 9.89. The van der Waals surface area contributed by atoms with E-state index in [-0.39, 0.29) is 18.1 Å². The van der Waals surface area contributed by atoms with E-state index in [1.165, 1.54) is 0 Å². The summed E-state index contributed by atoms with van der Waals surface area (Å²) < 4.78 is 22.1. The number of nitrogens with two attached hydrogens (primary N) is 1. The molecule has 0 aromatic rings. The van der Waals surface area contributed by atoms with Gasteiger partial charge < -0.3 is 5.73 Å². The molecule has 1 unspecified atom stereocenters. The predicted octanol–water partition coefficient (Wildman–Crippen LogP) is -0.272. The standard InChI is InChI=1S/C8H15NO3S/c1-8(2)6(7(10)5-9)3-4-13(8,11)12/h6H,3-5,9H2,1-2H3. The monoisotopic (exact) mass is 205 g/mol. The average Bonchev–Trinajstić information content (AvgIpc) is 2.22. The van der Waals surface area contributed by atoms with E-state index in [1.54, 1.807) is 13.8 Å². The van der Waals surface area contributed by atoms with E-state index in [0.717, 1.165) is 0 Å². The summed E-state index contributed by atoms with van der Waals surface area (Å²) in [4.78, 5) is 11.3. The second-order valence-corrected chi connectivity index (χ2v) is 6.62. The summed E-state index contributed by atoms with van der Waals surface area (Å²) in [7, 11) is -3.11. The van der Waals surface area contributed by atoms with Crippen LogP contribution in [-0.4, -0.2) is 31.2 Å². The van der Waals surface area contributed by atoms with E-state index in [4.69, 9.17) is 5.73 Å². The highest BCUT2D eigenvalue weighted by Crippen LogP contribution is 2.37. The van der Waals surface area contributed by atoms with Gasteiger partial charge in [-0.25, -0.2) is 8.42 Å². The van der Waals surface area contributed by atoms with Crippen molar-refractivity contribution in [3.8, 4) is 0 Å². The molecule has 0 saturated carbocycles. The van der Waals surface area contributed by atoms with Crippen molar-refractivity contribution < 1.29 is 13.2 Å². The van der Waals surface area contributed by atoms with E-state index in [1.807, 2.05) is 0 Å². The van der Waals surface area contributed by atoms with Crippen molar-refractivity contribution in [1.82, 2.24) is 0 Å². The summed E-state index contributed by atoms with van der Waals surface area (Å²) in [5.74, 6) is -0.454. The summed E-state index contributed by atoms with van der Waals surface area (Å²) in [5.41, 5.74) is 5.22. The van der Waals surface area contributed by atoms with Crippen LogP contribution in [0.3, 0.4) is 0 Å². The molecule has 1 fully saturated rings. The first kappa shape index (κ1) is 10.7. The molecule has 0 spiro atoms. The maximum atomic E-state index is 11.5. The van der Waals surface area contributed by atoms with E-state index in [2.05, 4.69) is 0 Å². The predicted molar refractivity (Wildman–Crippen MR) is 50.0 cm³/mol. The van der Waals surface area contributed by atoms with E-state index < -0.39 is 20.5 Å². The SMILES string of the molecule is CC1(C)C(C(=O)CN)CCS1(=O)=O. The van der Waals surface area contributed by atoms with Gasteiger partial charge in [-0.2, -0.15) is 0 Å². The molecule has 4 nitrogen and oxygen atoms in total. The Morgan fingerprint density at radius 3 is 2.38 bits per heavy atom. The Morgan fingerprint density at radius 2 is 2.08 bits per heavy atom. The number of hydrogen-bond donors (Lipinski definition) is 1. The number of ketones is 1. The zero-order valence-electron chi connectivity index (χ0n) is 7.91. The average molecular weight is 205 g/mol. The van der Waals surface area contributed by atoms with Gasteiger partial charge in [-0.05, 0) is 20.3 Å². The van der Waals surface area contributed by atoms with Gasteiger partial charge in [-0.1, -0.05) is 0 Å². The van der Waals surface area contributed by atoms with Gasteiger partial charge in [0.2, 0.25) is 0 Å². The Hall–Kier alpha value is -0.420. The molecule has 0 radical (unpaired) electrons. The van der Waals surface area contributed by atoms with Crippen LogP contribution in [0, 0.1) is 5.92 Å². The third-order valence-electron chi connectivity index (χ3n) is 2.91. The maximum absolute atomic E-state index is 11.5. The van der Waals surface area contributed by atoms with Gasteiger partial charge in [0.15, 0.2) is 15.6 Å².